The van der Waals surface area contributed by atoms with Gasteiger partial charge in [0.05, 0.1) is 0 Å². The molecular formula is C20H25Cl2NO. The van der Waals surface area contributed by atoms with Gasteiger partial charge in [0.2, 0.25) is 0 Å². The number of ether oxygens (including phenoxy) is 1. The molecule has 2 rings (SSSR count). The SMILES string of the molecule is CCCCCCNCc1ccc(OCc2ccc(Cl)cc2Cl)cc1. The zero-order valence-electron chi connectivity index (χ0n) is 14.2. The molecule has 0 aliphatic carbocycles. The van der Waals surface area contributed by atoms with E-state index in [1.807, 2.05) is 24.3 Å². The molecule has 0 radical (unpaired) electrons. The quantitative estimate of drug-likeness (QED) is 0.503. The summed E-state index contributed by atoms with van der Waals surface area (Å²) < 4.78 is 5.79. The van der Waals surface area contributed by atoms with Crippen molar-refractivity contribution in [2.45, 2.75) is 45.8 Å². The zero-order valence-corrected chi connectivity index (χ0v) is 15.7. The molecule has 0 aliphatic heterocycles. The van der Waals surface area contributed by atoms with Crippen molar-refractivity contribution in [2.75, 3.05) is 6.54 Å². The first kappa shape index (κ1) is 19.1. The maximum absolute atomic E-state index is 6.15. The van der Waals surface area contributed by atoms with Gasteiger partial charge in [0.25, 0.3) is 0 Å². The average molecular weight is 366 g/mol. The standard InChI is InChI=1S/C20H25Cl2NO/c1-2-3-4-5-12-23-14-16-6-10-19(11-7-16)24-15-17-8-9-18(21)13-20(17)22/h6-11,13,23H,2-5,12,14-15H2,1H3. The average Bonchev–Trinajstić information content (AvgIpc) is 2.58. The summed E-state index contributed by atoms with van der Waals surface area (Å²) in [5, 5.41) is 4.75. The van der Waals surface area contributed by atoms with E-state index >= 15 is 0 Å². The second-order valence-electron chi connectivity index (χ2n) is 5.91. The number of hydrogen-bond donors (Lipinski definition) is 1. The normalized spacial score (nSPS) is 10.8. The van der Waals surface area contributed by atoms with Crippen LogP contribution in [0.4, 0.5) is 0 Å². The van der Waals surface area contributed by atoms with Crippen LogP contribution in [0.5, 0.6) is 5.75 Å². The van der Waals surface area contributed by atoms with Crippen LogP contribution in [0.25, 0.3) is 0 Å². The lowest BCUT2D eigenvalue weighted by Crippen LogP contribution is -2.14. The number of hydrogen-bond acceptors (Lipinski definition) is 2. The Balaban J connectivity index is 1.73. The molecule has 0 unspecified atom stereocenters. The molecule has 4 heteroatoms. The van der Waals surface area contributed by atoms with Gasteiger partial charge in [-0.1, -0.05) is 67.6 Å². The summed E-state index contributed by atoms with van der Waals surface area (Å²) in [7, 11) is 0. The summed E-state index contributed by atoms with van der Waals surface area (Å²) in [5.74, 6) is 0.840. The Hall–Kier alpha value is -1.22. The van der Waals surface area contributed by atoms with Gasteiger partial charge in [-0.2, -0.15) is 0 Å². The van der Waals surface area contributed by atoms with E-state index in [4.69, 9.17) is 27.9 Å². The summed E-state index contributed by atoms with van der Waals surface area (Å²) in [6.45, 7) is 4.64. The lowest BCUT2D eigenvalue weighted by molar-refractivity contribution is 0.306. The lowest BCUT2D eigenvalue weighted by Gasteiger charge is -2.09. The molecule has 24 heavy (non-hydrogen) atoms. The number of nitrogens with one attached hydrogen (secondary N) is 1. The smallest absolute Gasteiger partial charge is 0.119 e. The highest BCUT2D eigenvalue weighted by molar-refractivity contribution is 6.35. The van der Waals surface area contributed by atoms with Crippen LogP contribution in [0.15, 0.2) is 42.5 Å². The molecule has 2 aromatic carbocycles. The highest BCUT2D eigenvalue weighted by Gasteiger charge is 2.03. The van der Waals surface area contributed by atoms with Crippen LogP contribution < -0.4 is 10.1 Å². The molecule has 0 saturated carbocycles. The van der Waals surface area contributed by atoms with Gasteiger partial charge >= 0.3 is 0 Å². The van der Waals surface area contributed by atoms with E-state index in [-0.39, 0.29) is 0 Å². The summed E-state index contributed by atoms with van der Waals surface area (Å²) in [4.78, 5) is 0. The van der Waals surface area contributed by atoms with Crippen molar-refractivity contribution < 1.29 is 4.74 Å². The highest BCUT2D eigenvalue weighted by Crippen LogP contribution is 2.22. The molecule has 2 nitrogen and oxygen atoms in total. The van der Waals surface area contributed by atoms with Crippen LogP contribution in [-0.4, -0.2) is 6.54 Å². The van der Waals surface area contributed by atoms with Crippen molar-refractivity contribution in [3.05, 3.63) is 63.6 Å². The molecule has 0 amide bonds. The molecule has 130 valence electrons. The second-order valence-corrected chi connectivity index (χ2v) is 6.75. The first-order valence-electron chi connectivity index (χ1n) is 8.55. The van der Waals surface area contributed by atoms with E-state index < -0.39 is 0 Å². The van der Waals surface area contributed by atoms with Crippen LogP contribution in [0.2, 0.25) is 10.0 Å². The minimum atomic E-state index is 0.436. The van der Waals surface area contributed by atoms with Crippen molar-refractivity contribution in [3.63, 3.8) is 0 Å². The lowest BCUT2D eigenvalue weighted by atomic mass is 10.2. The Morgan fingerprint density at radius 1 is 0.958 bits per heavy atom. The largest absolute Gasteiger partial charge is 0.489 e. The third-order valence-electron chi connectivity index (χ3n) is 3.87. The van der Waals surface area contributed by atoms with Crippen molar-refractivity contribution in [2.24, 2.45) is 0 Å². The number of halogens is 2. The molecule has 2 aromatic rings. The molecule has 0 aromatic heterocycles. The van der Waals surface area contributed by atoms with Gasteiger partial charge < -0.3 is 10.1 Å². The fourth-order valence-corrected chi connectivity index (χ4v) is 2.88. The molecule has 0 heterocycles. The number of rotatable bonds is 10. The molecule has 0 spiro atoms. The van der Waals surface area contributed by atoms with Crippen molar-refractivity contribution in [1.82, 2.24) is 5.32 Å². The first-order valence-corrected chi connectivity index (χ1v) is 9.31. The first-order chi connectivity index (χ1) is 11.7. The van der Waals surface area contributed by atoms with E-state index in [9.17, 15) is 0 Å². The maximum atomic E-state index is 6.15. The minimum absolute atomic E-state index is 0.436. The molecule has 0 aliphatic rings. The van der Waals surface area contributed by atoms with Crippen LogP contribution in [0, 0.1) is 0 Å². The predicted molar refractivity (Wildman–Crippen MR) is 103 cm³/mol. The van der Waals surface area contributed by atoms with Crippen LogP contribution >= 0.6 is 23.2 Å². The third kappa shape index (κ3) is 6.72. The van der Waals surface area contributed by atoms with Gasteiger partial charge in [0.15, 0.2) is 0 Å². The summed E-state index contributed by atoms with van der Waals surface area (Å²) >= 11 is 12.0. The van der Waals surface area contributed by atoms with Crippen molar-refractivity contribution >= 4 is 23.2 Å². The van der Waals surface area contributed by atoms with E-state index in [0.717, 1.165) is 24.4 Å². The fraction of sp³-hybridized carbons (Fsp3) is 0.400. The maximum Gasteiger partial charge on any atom is 0.119 e. The van der Waals surface area contributed by atoms with Crippen LogP contribution in [-0.2, 0) is 13.2 Å². The Morgan fingerprint density at radius 3 is 2.46 bits per heavy atom. The molecule has 0 bridgehead atoms. The summed E-state index contributed by atoms with van der Waals surface area (Å²) in [6, 6.07) is 13.6. The third-order valence-corrected chi connectivity index (χ3v) is 4.46. The van der Waals surface area contributed by atoms with Gasteiger partial charge in [-0.3, -0.25) is 0 Å². The van der Waals surface area contributed by atoms with E-state index in [1.165, 1.54) is 31.2 Å². The topological polar surface area (TPSA) is 21.3 Å². The van der Waals surface area contributed by atoms with E-state index in [2.05, 4.69) is 24.4 Å². The monoisotopic (exact) mass is 365 g/mol. The number of unbranched alkanes of at least 4 members (excludes halogenated alkanes) is 3. The van der Waals surface area contributed by atoms with Gasteiger partial charge in [-0.25, -0.2) is 0 Å². The Kier molecular flexibility index (Phi) is 8.44. The minimum Gasteiger partial charge on any atom is -0.489 e. The molecule has 0 atom stereocenters. The van der Waals surface area contributed by atoms with Crippen molar-refractivity contribution in [3.8, 4) is 5.75 Å². The second kappa shape index (κ2) is 10.6. The van der Waals surface area contributed by atoms with Gasteiger partial charge in [0.1, 0.15) is 12.4 Å². The zero-order chi connectivity index (χ0) is 17.2. The number of benzene rings is 2. The van der Waals surface area contributed by atoms with Crippen LogP contribution in [0.1, 0.15) is 43.7 Å². The molecule has 1 N–H and O–H groups in total. The van der Waals surface area contributed by atoms with Crippen molar-refractivity contribution in [1.29, 1.82) is 0 Å². The Bertz CT molecular complexity index is 614. The van der Waals surface area contributed by atoms with Gasteiger partial charge in [-0.05, 0) is 42.8 Å². The van der Waals surface area contributed by atoms with Crippen LogP contribution in [0.3, 0.4) is 0 Å². The summed E-state index contributed by atoms with van der Waals surface area (Å²) in [5.41, 5.74) is 2.20. The predicted octanol–water partition coefficient (Wildman–Crippen LogP) is 6.24. The molecule has 0 saturated heterocycles. The highest BCUT2D eigenvalue weighted by atomic mass is 35.5. The molecular weight excluding hydrogens is 341 g/mol. The van der Waals surface area contributed by atoms with Gasteiger partial charge in [-0.15, -0.1) is 0 Å². The van der Waals surface area contributed by atoms with Gasteiger partial charge in [0, 0.05) is 22.2 Å². The Morgan fingerprint density at radius 2 is 1.75 bits per heavy atom. The Labute approximate surface area is 155 Å². The van der Waals surface area contributed by atoms with E-state index in [0.29, 0.717) is 16.7 Å². The molecule has 0 fully saturated rings. The summed E-state index contributed by atoms with van der Waals surface area (Å²) in [6.07, 6.45) is 5.16. The van der Waals surface area contributed by atoms with E-state index in [1.54, 1.807) is 6.07 Å². The fourth-order valence-electron chi connectivity index (χ4n) is 2.41.